The summed E-state index contributed by atoms with van der Waals surface area (Å²) >= 11 is 2.92. The zero-order valence-corrected chi connectivity index (χ0v) is 21.8. The van der Waals surface area contributed by atoms with Crippen LogP contribution >= 0.6 is 22.7 Å². The summed E-state index contributed by atoms with van der Waals surface area (Å²) in [5, 5.41) is 4.59. The Hall–Kier alpha value is -2.63. The Morgan fingerprint density at radius 2 is 1.67 bits per heavy atom. The molecule has 0 saturated carbocycles. The zero-order chi connectivity index (χ0) is 24.7. The van der Waals surface area contributed by atoms with E-state index < -0.39 is 0 Å². The number of carbonyl (C=O) groups excluding carboxylic acids is 2. The molecule has 2 amide bonds. The normalized spacial score (nSPS) is 16.7. The quantitative estimate of drug-likeness (QED) is 0.446. The molecule has 0 bridgehead atoms. The fraction of sp³-hybridized carbons (Fsp3) is 0.423. The number of amides is 2. The Bertz CT molecular complexity index is 1140. The molecule has 10 heteroatoms. The SMILES string of the molecule is O=C(c1ccc(-c2csc(N(CCCN3CCOCC3)C(=O)c3cccs3)n2)cc1)N1CCOCC1. The number of rotatable bonds is 8. The highest BCUT2D eigenvalue weighted by atomic mass is 32.1. The van der Waals surface area contributed by atoms with E-state index in [1.165, 1.54) is 22.7 Å². The molecule has 2 aliphatic heterocycles. The molecule has 4 heterocycles. The van der Waals surface area contributed by atoms with Gasteiger partial charge in [-0.1, -0.05) is 18.2 Å². The van der Waals surface area contributed by atoms with Gasteiger partial charge < -0.3 is 14.4 Å². The maximum absolute atomic E-state index is 13.3. The number of carbonyl (C=O) groups is 2. The predicted octanol–water partition coefficient (Wildman–Crippen LogP) is 3.71. The minimum absolute atomic E-state index is 0.0145. The fourth-order valence-electron chi connectivity index (χ4n) is 4.35. The van der Waals surface area contributed by atoms with Gasteiger partial charge in [0.1, 0.15) is 0 Å². The Balaban J connectivity index is 1.28. The van der Waals surface area contributed by atoms with Crippen LogP contribution in [0.2, 0.25) is 0 Å². The van der Waals surface area contributed by atoms with Crippen molar-refractivity contribution in [1.29, 1.82) is 0 Å². The van der Waals surface area contributed by atoms with Crippen molar-refractivity contribution in [2.24, 2.45) is 0 Å². The first-order valence-electron chi connectivity index (χ1n) is 12.3. The summed E-state index contributed by atoms with van der Waals surface area (Å²) in [6, 6.07) is 11.3. The standard InChI is InChI=1S/C26H30N4O4S2/c31-24(29-12-16-34-17-13-29)21-6-4-20(5-7-21)22-19-36-26(27-22)30(25(32)23-3-1-18-35-23)9-2-8-28-10-14-33-15-11-28/h1,3-7,18-19H,2,8-17H2. The Morgan fingerprint density at radius 3 is 2.36 bits per heavy atom. The predicted molar refractivity (Wildman–Crippen MR) is 142 cm³/mol. The van der Waals surface area contributed by atoms with Crippen LogP contribution in [0.4, 0.5) is 5.13 Å². The van der Waals surface area contributed by atoms with Crippen LogP contribution in [0.15, 0.2) is 47.2 Å². The molecular weight excluding hydrogens is 496 g/mol. The van der Waals surface area contributed by atoms with Crippen molar-refractivity contribution in [3.05, 3.63) is 57.6 Å². The number of benzene rings is 1. The molecule has 1 aromatic carbocycles. The highest BCUT2D eigenvalue weighted by molar-refractivity contribution is 7.14. The van der Waals surface area contributed by atoms with Crippen LogP contribution in [0.25, 0.3) is 11.3 Å². The maximum Gasteiger partial charge on any atom is 0.270 e. The molecule has 0 unspecified atom stereocenters. The lowest BCUT2D eigenvalue weighted by Gasteiger charge is -2.27. The largest absolute Gasteiger partial charge is 0.379 e. The van der Waals surface area contributed by atoms with Gasteiger partial charge in [-0.25, -0.2) is 4.98 Å². The molecule has 2 fully saturated rings. The maximum atomic E-state index is 13.3. The van der Waals surface area contributed by atoms with E-state index in [4.69, 9.17) is 14.5 Å². The summed E-state index contributed by atoms with van der Waals surface area (Å²) in [4.78, 5) is 37.6. The minimum Gasteiger partial charge on any atom is -0.379 e. The molecule has 0 spiro atoms. The number of hydrogen-bond acceptors (Lipinski definition) is 8. The molecule has 0 radical (unpaired) electrons. The van der Waals surface area contributed by atoms with E-state index in [9.17, 15) is 9.59 Å². The smallest absolute Gasteiger partial charge is 0.270 e. The third kappa shape index (κ3) is 6.01. The van der Waals surface area contributed by atoms with Gasteiger partial charge in [-0.15, -0.1) is 22.7 Å². The molecule has 3 aromatic rings. The van der Waals surface area contributed by atoms with Gasteiger partial charge in [0.2, 0.25) is 0 Å². The van der Waals surface area contributed by atoms with Crippen LogP contribution in [0.5, 0.6) is 0 Å². The minimum atomic E-state index is -0.0145. The van der Waals surface area contributed by atoms with Crippen LogP contribution in [0, 0.1) is 0 Å². The molecule has 2 saturated heterocycles. The highest BCUT2D eigenvalue weighted by Gasteiger charge is 2.23. The second kappa shape index (κ2) is 12.1. The van der Waals surface area contributed by atoms with Crippen molar-refractivity contribution < 1.29 is 19.1 Å². The van der Waals surface area contributed by atoms with E-state index >= 15 is 0 Å². The highest BCUT2D eigenvalue weighted by Crippen LogP contribution is 2.29. The summed E-state index contributed by atoms with van der Waals surface area (Å²) in [5.41, 5.74) is 2.39. The first-order valence-corrected chi connectivity index (χ1v) is 14.0. The molecular formula is C26H30N4O4S2. The monoisotopic (exact) mass is 526 g/mol. The molecule has 5 rings (SSSR count). The number of anilines is 1. The molecule has 8 nitrogen and oxygen atoms in total. The van der Waals surface area contributed by atoms with Crippen molar-refractivity contribution in [2.75, 3.05) is 70.6 Å². The number of ether oxygens (including phenoxy) is 2. The summed E-state index contributed by atoms with van der Waals surface area (Å²) in [6.45, 7) is 7.34. The molecule has 0 N–H and O–H groups in total. The Kier molecular flexibility index (Phi) is 8.40. The number of nitrogens with zero attached hydrogens (tertiary/aromatic N) is 4. The lowest BCUT2D eigenvalue weighted by molar-refractivity contribution is 0.0303. The molecule has 36 heavy (non-hydrogen) atoms. The molecule has 190 valence electrons. The first-order chi connectivity index (χ1) is 17.7. The lowest BCUT2D eigenvalue weighted by Crippen LogP contribution is -2.40. The topological polar surface area (TPSA) is 75.2 Å². The van der Waals surface area contributed by atoms with Gasteiger partial charge in [0.05, 0.1) is 37.0 Å². The van der Waals surface area contributed by atoms with Crippen LogP contribution in [0.1, 0.15) is 26.5 Å². The van der Waals surface area contributed by atoms with Crippen LogP contribution in [-0.4, -0.2) is 92.3 Å². The van der Waals surface area contributed by atoms with Crippen molar-refractivity contribution in [1.82, 2.24) is 14.8 Å². The number of thiophene rings is 1. The number of aromatic nitrogens is 1. The number of thiazole rings is 1. The average Bonchev–Trinajstić information content (AvgIpc) is 3.65. The lowest BCUT2D eigenvalue weighted by atomic mass is 10.1. The molecule has 2 aromatic heterocycles. The van der Waals surface area contributed by atoms with E-state index in [2.05, 4.69) is 4.90 Å². The van der Waals surface area contributed by atoms with Crippen molar-refractivity contribution in [2.45, 2.75) is 6.42 Å². The third-order valence-electron chi connectivity index (χ3n) is 6.39. The van der Waals surface area contributed by atoms with Crippen molar-refractivity contribution in [3.8, 4) is 11.3 Å². The Labute approximate surface area is 219 Å². The molecule has 0 aliphatic carbocycles. The van der Waals surface area contributed by atoms with Gasteiger partial charge in [0.15, 0.2) is 5.13 Å². The summed E-state index contributed by atoms with van der Waals surface area (Å²) in [7, 11) is 0. The van der Waals surface area contributed by atoms with Gasteiger partial charge >= 0.3 is 0 Å². The van der Waals surface area contributed by atoms with Crippen LogP contribution in [-0.2, 0) is 9.47 Å². The van der Waals surface area contributed by atoms with E-state index in [-0.39, 0.29) is 11.8 Å². The second-order valence-corrected chi connectivity index (χ2v) is 10.5. The van der Waals surface area contributed by atoms with Crippen molar-refractivity contribution in [3.63, 3.8) is 0 Å². The zero-order valence-electron chi connectivity index (χ0n) is 20.1. The molecule has 2 aliphatic rings. The van der Waals surface area contributed by atoms with Gasteiger partial charge in [-0.05, 0) is 30.0 Å². The summed E-state index contributed by atoms with van der Waals surface area (Å²) in [5.74, 6) is 0.0103. The van der Waals surface area contributed by atoms with Gasteiger partial charge in [-0.3, -0.25) is 19.4 Å². The van der Waals surface area contributed by atoms with E-state index in [0.717, 1.165) is 50.5 Å². The van der Waals surface area contributed by atoms with E-state index in [0.29, 0.717) is 48.4 Å². The average molecular weight is 527 g/mol. The van der Waals surface area contributed by atoms with Gasteiger partial charge in [0, 0.05) is 55.8 Å². The van der Waals surface area contributed by atoms with Crippen LogP contribution < -0.4 is 4.90 Å². The van der Waals surface area contributed by atoms with E-state index in [1.54, 1.807) is 4.90 Å². The fourth-order valence-corrected chi connectivity index (χ4v) is 5.88. The Morgan fingerprint density at radius 1 is 0.944 bits per heavy atom. The first kappa shape index (κ1) is 25.0. The summed E-state index contributed by atoms with van der Waals surface area (Å²) < 4.78 is 10.8. The number of hydrogen-bond donors (Lipinski definition) is 0. The molecule has 0 atom stereocenters. The van der Waals surface area contributed by atoms with Gasteiger partial charge in [0.25, 0.3) is 11.8 Å². The second-order valence-electron chi connectivity index (χ2n) is 8.74. The van der Waals surface area contributed by atoms with Crippen LogP contribution in [0.3, 0.4) is 0 Å². The van der Waals surface area contributed by atoms with Gasteiger partial charge in [-0.2, -0.15) is 0 Å². The van der Waals surface area contributed by atoms with Crippen molar-refractivity contribution >= 4 is 39.6 Å². The number of morpholine rings is 2. The third-order valence-corrected chi connectivity index (χ3v) is 8.11. The van der Waals surface area contributed by atoms with E-state index in [1.807, 2.05) is 52.1 Å². The summed E-state index contributed by atoms with van der Waals surface area (Å²) in [6.07, 6.45) is 0.865.